The lowest BCUT2D eigenvalue weighted by Crippen LogP contribution is -2.37. The first-order chi connectivity index (χ1) is 10.9. The Kier molecular flexibility index (Phi) is 3.05. The van der Waals surface area contributed by atoms with E-state index in [9.17, 15) is 9.59 Å². The van der Waals surface area contributed by atoms with Gasteiger partial charge in [0.2, 0.25) is 0 Å². The third-order valence-corrected chi connectivity index (χ3v) is 3.48. The molecule has 2 aliphatic heterocycles. The summed E-state index contributed by atoms with van der Waals surface area (Å²) in [6.07, 6.45) is -2.78. The summed E-state index contributed by atoms with van der Waals surface area (Å²) in [7, 11) is 0. The van der Waals surface area contributed by atoms with Gasteiger partial charge in [0.1, 0.15) is 18.0 Å². The van der Waals surface area contributed by atoms with Gasteiger partial charge < -0.3 is 14.2 Å². The second-order valence-electron chi connectivity index (χ2n) is 5.49. The third kappa shape index (κ3) is 2.32. The van der Waals surface area contributed by atoms with Crippen LogP contribution >= 0.6 is 0 Å². The van der Waals surface area contributed by atoms with Gasteiger partial charge in [-0.25, -0.2) is 4.79 Å². The molecule has 10 heteroatoms. The lowest BCUT2D eigenvalue weighted by atomic mass is 10.1. The van der Waals surface area contributed by atoms with Gasteiger partial charge >= 0.3 is 5.69 Å². The molecule has 0 aliphatic carbocycles. The van der Waals surface area contributed by atoms with Crippen LogP contribution in [0.5, 0.6) is 0 Å². The Bertz CT molecular complexity index is 783. The number of hydrogen-bond acceptors (Lipinski definition) is 6. The summed E-state index contributed by atoms with van der Waals surface area (Å²) in [6.45, 7) is 3.34. The summed E-state index contributed by atoms with van der Waals surface area (Å²) >= 11 is 0. The topological polar surface area (TPSA) is 131 Å². The Morgan fingerprint density at radius 1 is 1.45 bits per heavy atom. The highest BCUT2D eigenvalue weighted by Gasteiger charge is 2.54. The van der Waals surface area contributed by atoms with Crippen molar-refractivity contribution in [3.63, 3.8) is 0 Å². The largest absolute Gasteiger partial charge is 0.349 e. The molecule has 3 heterocycles. The maximum Gasteiger partial charge on any atom is 0.330 e. The van der Waals surface area contributed by atoms with E-state index in [0.29, 0.717) is 0 Å². The molecule has 0 bridgehead atoms. The minimum atomic E-state index is -0.970. The predicted octanol–water partition coefficient (Wildman–Crippen LogP) is 0.916. The van der Waals surface area contributed by atoms with Crippen LogP contribution in [0.3, 0.4) is 0 Å². The maximum absolute atomic E-state index is 12.2. The van der Waals surface area contributed by atoms with Crippen LogP contribution in [0.4, 0.5) is 5.82 Å². The molecule has 1 N–H and O–H groups in total. The number of aromatic amines is 1. The van der Waals surface area contributed by atoms with Crippen LogP contribution in [-0.4, -0.2) is 33.7 Å². The molecular formula is C12H15N5O5. The van der Waals surface area contributed by atoms with Gasteiger partial charge in [-0.1, -0.05) is 0 Å². The molecule has 4 atom stereocenters. The highest BCUT2D eigenvalue weighted by molar-refractivity contribution is 5.26. The van der Waals surface area contributed by atoms with E-state index < -0.39 is 41.6 Å². The van der Waals surface area contributed by atoms with Crippen LogP contribution in [0.15, 0.2) is 20.8 Å². The van der Waals surface area contributed by atoms with Gasteiger partial charge in [-0.2, -0.15) is 0 Å². The van der Waals surface area contributed by atoms with Crippen LogP contribution in [0.2, 0.25) is 0 Å². The lowest BCUT2D eigenvalue weighted by Gasteiger charge is -2.24. The molecule has 0 spiro atoms. The van der Waals surface area contributed by atoms with Gasteiger partial charge in [0, 0.05) is 12.3 Å². The molecule has 0 radical (unpaired) electrons. The van der Waals surface area contributed by atoms with Gasteiger partial charge in [-0.3, -0.25) is 14.3 Å². The Morgan fingerprint density at radius 3 is 2.86 bits per heavy atom. The summed E-state index contributed by atoms with van der Waals surface area (Å²) in [5.74, 6) is -1.08. The zero-order chi connectivity index (χ0) is 16.8. The number of hydrogen-bond donors (Lipinski definition) is 1. The minimum absolute atomic E-state index is 0.0912. The van der Waals surface area contributed by atoms with Crippen molar-refractivity contribution in [2.45, 2.75) is 51.1 Å². The number of fused-ring (bicyclic) bond motifs is 1. The average molecular weight is 311 g/mol. The van der Waals surface area contributed by atoms with Crippen molar-refractivity contribution in [2.24, 2.45) is 5.11 Å². The SMILES string of the molecule is [3H]C[C@H]1O[C@@H](n2c(N=[N+]=[N-])cc(=O)[nH]c2=O)C2OC(C)(C)O[C@H]21. The van der Waals surface area contributed by atoms with Gasteiger partial charge in [0.05, 0.1) is 6.10 Å². The smallest absolute Gasteiger partial charge is 0.330 e. The zero-order valence-electron chi connectivity index (χ0n) is 12.9. The van der Waals surface area contributed by atoms with Crippen molar-refractivity contribution in [3.8, 4) is 0 Å². The second kappa shape index (κ2) is 4.96. The summed E-state index contributed by atoms with van der Waals surface area (Å²) in [5.41, 5.74) is 7.16. The van der Waals surface area contributed by atoms with Crippen molar-refractivity contribution < 1.29 is 15.6 Å². The van der Waals surface area contributed by atoms with Crippen molar-refractivity contribution in [3.05, 3.63) is 37.3 Å². The monoisotopic (exact) mass is 311 g/mol. The van der Waals surface area contributed by atoms with E-state index >= 15 is 0 Å². The van der Waals surface area contributed by atoms with Crippen molar-refractivity contribution in [2.75, 3.05) is 0 Å². The van der Waals surface area contributed by atoms with E-state index in [4.69, 9.17) is 21.1 Å². The lowest BCUT2D eigenvalue weighted by molar-refractivity contribution is -0.195. The number of rotatable bonds is 2. The molecule has 118 valence electrons. The van der Waals surface area contributed by atoms with E-state index in [1.807, 2.05) is 0 Å². The first kappa shape index (κ1) is 13.5. The molecular weight excluding hydrogens is 294 g/mol. The van der Waals surface area contributed by atoms with E-state index in [1.54, 1.807) is 13.8 Å². The molecule has 1 aromatic rings. The van der Waals surface area contributed by atoms with E-state index in [-0.39, 0.29) is 12.7 Å². The number of aromatic nitrogens is 2. The number of azide groups is 1. The van der Waals surface area contributed by atoms with E-state index in [1.165, 1.54) is 0 Å². The minimum Gasteiger partial charge on any atom is -0.349 e. The maximum atomic E-state index is 12.2. The van der Waals surface area contributed by atoms with Gasteiger partial charge in [-0.15, -0.1) is 0 Å². The molecule has 1 unspecified atom stereocenters. The summed E-state index contributed by atoms with van der Waals surface area (Å²) in [4.78, 5) is 28.3. The Balaban J connectivity index is 2.10. The fourth-order valence-corrected chi connectivity index (χ4v) is 2.73. The molecule has 10 nitrogen and oxygen atoms in total. The van der Waals surface area contributed by atoms with Crippen molar-refractivity contribution in [1.82, 2.24) is 9.55 Å². The first-order valence-electron chi connectivity index (χ1n) is 7.28. The number of nitrogens with one attached hydrogen (secondary N) is 1. The molecule has 0 amide bonds. The molecule has 0 saturated carbocycles. The number of nitrogens with zero attached hydrogens (tertiary/aromatic N) is 4. The number of H-pyrrole nitrogens is 1. The van der Waals surface area contributed by atoms with Gasteiger partial charge in [0.25, 0.3) is 5.56 Å². The molecule has 2 saturated heterocycles. The van der Waals surface area contributed by atoms with Crippen LogP contribution in [0, 0.1) is 0 Å². The molecule has 2 fully saturated rings. The molecule has 3 rings (SSSR count). The molecule has 1 aromatic heterocycles. The van der Waals surface area contributed by atoms with Crippen LogP contribution in [-0.2, 0) is 14.2 Å². The first-order valence-corrected chi connectivity index (χ1v) is 6.57. The number of ether oxygens (including phenoxy) is 3. The standard InChI is InChI=1S/C12H15N5O5/c1-5-8-9(22-12(2,3)21-8)10(20-5)17-6(15-16-13)4-7(18)14-11(17)19/h4-5,8-10H,1-3H3,(H,14,18,19)/t5-,8+,9?,10-/m1/s1/i1T. The average Bonchev–Trinajstić information content (AvgIpc) is 2.92. The highest BCUT2D eigenvalue weighted by atomic mass is 16.8. The fraction of sp³-hybridized carbons (Fsp3) is 0.667. The predicted molar refractivity (Wildman–Crippen MR) is 73.5 cm³/mol. The quantitative estimate of drug-likeness (QED) is 0.492. The normalized spacial score (nSPS) is 33.1. The zero-order valence-corrected chi connectivity index (χ0v) is 11.9. The van der Waals surface area contributed by atoms with Crippen LogP contribution < -0.4 is 11.2 Å². The fourth-order valence-electron chi connectivity index (χ4n) is 2.73. The summed E-state index contributed by atoms with van der Waals surface area (Å²) < 4.78 is 25.8. The summed E-state index contributed by atoms with van der Waals surface area (Å²) in [5, 5.41) is 3.37. The Labute approximate surface area is 125 Å². The molecule has 22 heavy (non-hydrogen) atoms. The molecule has 0 aromatic carbocycles. The Hall–Kier alpha value is -2.13. The van der Waals surface area contributed by atoms with Crippen molar-refractivity contribution >= 4 is 5.82 Å². The highest BCUT2D eigenvalue weighted by Crippen LogP contribution is 2.43. The Morgan fingerprint density at radius 2 is 2.18 bits per heavy atom. The van der Waals surface area contributed by atoms with Crippen LogP contribution in [0.25, 0.3) is 10.4 Å². The van der Waals surface area contributed by atoms with E-state index in [2.05, 4.69) is 15.0 Å². The van der Waals surface area contributed by atoms with Crippen molar-refractivity contribution in [1.29, 1.82) is 0 Å². The van der Waals surface area contributed by atoms with Crippen LogP contribution in [0.1, 0.15) is 28.3 Å². The third-order valence-electron chi connectivity index (χ3n) is 3.48. The molecule has 2 aliphatic rings. The second-order valence-corrected chi connectivity index (χ2v) is 5.49. The van der Waals surface area contributed by atoms with E-state index in [0.717, 1.165) is 10.6 Å². The summed E-state index contributed by atoms with van der Waals surface area (Å²) in [6, 6.07) is 0.995. The van der Waals surface area contributed by atoms with Gasteiger partial charge in [-0.05, 0) is 31.4 Å². The van der Waals surface area contributed by atoms with Gasteiger partial charge in [0.15, 0.2) is 12.0 Å².